The zero-order valence-corrected chi connectivity index (χ0v) is 9.08. The number of hydrogen-bond donors (Lipinski definition) is 2. The quantitative estimate of drug-likeness (QED) is 0.798. The summed E-state index contributed by atoms with van der Waals surface area (Å²) < 4.78 is 37.8. The lowest BCUT2D eigenvalue weighted by atomic mass is 9.87. The second-order valence-electron chi connectivity index (χ2n) is 4.36. The molecule has 0 spiro atoms. The van der Waals surface area contributed by atoms with Crippen molar-refractivity contribution in [1.29, 1.82) is 0 Å². The van der Waals surface area contributed by atoms with Crippen molar-refractivity contribution < 1.29 is 23.1 Å². The molecular formula is C11H12F3NO2. The Labute approximate surface area is 96.2 Å². The van der Waals surface area contributed by atoms with Crippen LogP contribution < -0.4 is 5.48 Å². The molecule has 1 heterocycles. The van der Waals surface area contributed by atoms with Gasteiger partial charge in [-0.05, 0) is 12.5 Å². The highest BCUT2D eigenvalue weighted by atomic mass is 19.4. The van der Waals surface area contributed by atoms with E-state index in [1.807, 2.05) is 0 Å². The van der Waals surface area contributed by atoms with Crippen LogP contribution in [-0.2, 0) is 10.4 Å². The lowest BCUT2D eigenvalue weighted by Gasteiger charge is -2.25. The molecule has 0 unspecified atom stereocenters. The Morgan fingerprint density at radius 3 is 2.35 bits per heavy atom. The predicted molar refractivity (Wildman–Crippen MR) is 53.6 cm³/mol. The molecule has 2 N–H and O–H groups in total. The van der Waals surface area contributed by atoms with E-state index in [0.29, 0.717) is 5.56 Å². The Morgan fingerprint density at radius 2 is 1.88 bits per heavy atom. The average Bonchev–Trinajstić information content (AvgIpc) is 2.58. The smallest absolute Gasteiger partial charge is 0.357 e. The fourth-order valence-electron chi connectivity index (χ4n) is 1.87. The molecule has 0 saturated carbocycles. The zero-order chi connectivity index (χ0) is 12.7. The van der Waals surface area contributed by atoms with E-state index in [4.69, 9.17) is 0 Å². The Kier molecular flexibility index (Phi) is 2.68. The third-order valence-corrected chi connectivity index (χ3v) is 2.89. The SMILES string of the molecule is C[C@]1(c2ccccc2)C[C@](O)(C(F)(F)F)ON1. The number of nitrogens with one attached hydrogen (secondary N) is 1. The highest BCUT2D eigenvalue weighted by Gasteiger charge is 2.63. The van der Waals surface area contributed by atoms with Gasteiger partial charge in [0.05, 0.1) is 5.54 Å². The third kappa shape index (κ3) is 2.03. The molecule has 0 aromatic heterocycles. The molecule has 1 saturated heterocycles. The molecule has 3 nitrogen and oxygen atoms in total. The van der Waals surface area contributed by atoms with Gasteiger partial charge in [0, 0.05) is 6.42 Å². The molecule has 1 aliphatic rings. The van der Waals surface area contributed by atoms with Gasteiger partial charge in [0.1, 0.15) is 0 Å². The number of aliphatic hydroxyl groups is 1. The lowest BCUT2D eigenvalue weighted by molar-refractivity contribution is -0.361. The maximum absolute atomic E-state index is 12.6. The van der Waals surface area contributed by atoms with Crippen molar-refractivity contribution in [3.8, 4) is 0 Å². The van der Waals surface area contributed by atoms with Gasteiger partial charge < -0.3 is 5.11 Å². The van der Waals surface area contributed by atoms with Crippen molar-refractivity contribution in [2.45, 2.75) is 30.8 Å². The summed E-state index contributed by atoms with van der Waals surface area (Å²) in [5.74, 6) is -3.14. The Hall–Kier alpha value is -1.11. The van der Waals surface area contributed by atoms with Gasteiger partial charge in [0.25, 0.3) is 5.79 Å². The summed E-state index contributed by atoms with van der Waals surface area (Å²) in [5, 5.41) is 9.42. The van der Waals surface area contributed by atoms with Gasteiger partial charge in [-0.1, -0.05) is 30.3 Å². The number of alkyl halides is 3. The minimum absolute atomic E-state index is 0.590. The van der Waals surface area contributed by atoms with E-state index in [1.54, 1.807) is 37.3 Å². The summed E-state index contributed by atoms with van der Waals surface area (Å²) in [5.41, 5.74) is 1.84. The summed E-state index contributed by atoms with van der Waals surface area (Å²) >= 11 is 0. The molecule has 0 aliphatic carbocycles. The van der Waals surface area contributed by atoms with Crippen molar-refractivity contribution >= 4 is 0 Å². The van der Waals surface area contributed by atoms with Crippen molar-refractivity contribution in [2.24, 2.45) is 0 Å². The molecule has 2 atom stereocenters. The van der Waals surface area contributed by atoms with Crippen LogP contribution in [0.1, 0.15) is 18.9 Å². The summed E-state index contributed by atoms with van der Waals surface area (Å²) in [7, 11) is 0. The summed E-state index contributed by atoms with van der Waals surface area (Å²) in [6.07, 6.45) is -5.42. The van der Waals surface area contributed by atoms with Crippen LogP contribution in [0, 0.1) is 0 Å². The third-order valence-electron chi connectivity index (χ3n) is 2.89. The van der Waals surface area contributed by atoms with Crippen LogP contribution in [0.5, 0.6) is 0 Å². The number of hydrogen-bond acceptors (Lipinski definition) is 3. The second-order valence-corrected chi connectivity index (χ2v) is 4.36. The van der Waals surface area contributed by atoms with E-state index < -0.39 is 23.9 Å². The minimum atomic E-state index is -4.83. The van der Waals surface area contributed by atoms with Crippen LogP contribution in [0.4, 0.5) is 13.2 Å². The van der Waals surface area contributed by atoms with Gasteiger partial charge in [0.2, 0.25) is 0 Å². The Balaban J connectivity index is 2.28. The van der Waals surface area contributed by atoms with Gasteiger partial charge in [-0.2, -0.15) is 18.7 Å². The van der Waals surface area contributed by atoms with Gasteiger partial charge in [-0.3, -0.25) is 4.84 Å². The molecule has 1 aromatic carbocycles. The molecule has 17 heavy (non-hydrogen) atoms. The van der Waals surface area contributed by atoms with Gasteiger partial charge in [0.15, 0.2) is 0 Å². The van der Waals surface area contributed by atoms with Crippen LogP contribution in [0.25, 0.3) is 0 Å². The molecule has 2 rings (SSSR count). The van der Waals surface area contributed by atoms with E-state index in [-0.39, 0.29) is 0 Å². The fourth-order valence-corrected chi connectivity index (χ4v) is 1.87. The van der Waals surface area contributed by atoms with Crippen molar-refractivity contribution in [2.75, 3.05) is 0 Å². The monoisotopic (exact) mass is 247 g/mol. The first-order valence-electron chi connectivity index (χ1n) is 5.07. The van der Waals surface area contributed by atoms with Crippen molar-refractivity contribution in [1.82, 2.24) is 5.48 Å². The first-order valence-corrected chi connectivity index (χ1v) is 5.07. The van der Waals surface area contributed by atoms with Gasteiger partial charge in [-0.25, -0.2) is 0 Å². The molecule has 94 valence electrons. The van der Waals surface area contributed by atoms with E-state index in [9.17, 15) is 18.3 Å². The molecule has 1 aromatic rings. The minimum Gasteiger partial charge on any atom is -0.357 e. The first kappa shape index (κ1) is 12.3. The van der Waals surface area contributed by atoms with E-state index in [0.717, 1.165) is 0 Å². The number of halogens is 3. The standard InChI is InChI=1S/C11H12F3NO2/c1-9(8-5-3-2-4-6-8)7-10(16,17-15-9)11(12,13)14/h2-6,15-16H,7H2,1H3/t9-,10-/m1/s1. The number of rotatable bonds is 1. The summed E-state index contributed by atoms with van der Waals surface area (Å²) in [4.78, 5) is 4.36. The van der Waals surface area contributed by atoms with Gasteiger partial charge in [-0.15, -0.1) is 0 Å². The molecule has 1 fully saturated rings. The van der Waals surface area contributed by atoms with Crippen molar-refractivity contribution in [3.05, 3.63) is 35.9 Å². The average molecular weight is 247 g/mol. The fraction of sp³-hybridized carbons (Fsp3) is 0.455. The van der Waals surface area contributed by atoms with Crippen LogP contribution in [-0.4, -0.2) is 17.1 Å². The molecule has 0 bridgehead atoms. The molecule has 6 heteroatoms. The highest BCUT2D eigenvalue weighted by Crippen LogP contribution is 2.44. The number of hydroxylamine groups is 1. The molecule has 0 radical (unpaired) electrons. The largest absolute Gasteiger partial charge is 0.444 e. The van der Waals surface area contributed by atoms with Crippen molar-refractivity contribution in [3.63, 3.8) is 0 Å². The molecule has 0 amide bonds. The predicted octanol–water partition coefficient (Wildman–Crippen LogP) is 2.08. The Morgan fingerprint density at radius 1 is 1.29 bits per heavy atom. The van der Waals surface area contributed by atoms with E-state index in [1.165, 1.54) is 0 Å². The van der Waals surface area contributed by atoms with Crippen LogP contribution in [0.15, 0.2) is 30.3 Å². The maximum Gasteiger partial charge on any atom is 0.444 e. The second kappa shape index (κ2) is 3.69. The summed E-state index contributed by atoms with van der Waals surface area (Å²) in [6.45, 7) is 1.55. The van der Waals surface area contributed by atoms with E-state index >= 15 is 0 Å². The first-order chi connectivity index (χ1) is 7.77. The van der Waals surface area contributed by atoms with Crippen LogP contribution in [0.3, 0.4) is 0 Å². The summed E-state index contributed by atoms with van der Waals surface area (Å²) in [6, 6.07) is 8.55. The van der Waals surface area contributed by atoms with Crippen LogP contribution in [0.2, 0.25) is 0 Å². The van der Waals surface area contributed by atoms with Gasteiger partial charge >= 0.3 is 6.18 Å². The van der Waals surface area contributed by atoms with E-state index in [2.05, 4.69) is 10.3 Å². The Bertz CT molecular complexity index is 409. The molecular weight excluding hydrogens is 235 g/mol. The highest BCUT2D eigenvalue weighted by molar-refractivity contribution is 5.24. The van der Waals surface area contributed by atoms with Crippen LogP contribution >= 0.6 is 0 Å². The lowest BCUT2D eigenvalue weighted by Crippen LogP contribution is -2.45. The maximum atomic E-state index is 12.6. The zero-order valence-electron chi connectivity index (χ0n) is 9.08. The topological polar surface area (TPSA) is 41.5 Å². The molecule has 1 aliphatic heterocycles. The number of benzene rings is 1. The normalized spacial score (nSPS) is 33.9.